The molecule has 1 aliphatic rings. The van der Waals surface area contributed by atoms with Crippen molar-refractivity contribution in [1.82, 2.24) is 14.9 Å². The zero-order valence-corrected chi connectivity index (χ0v) is 18.4. The topological polar surface area (TPSA) is 59.4 Å². The summed E-state index contributed by atoms with van der Waals surface area (Å²) in [7, 11) is 1.99. The molecule has 160 valence electrons. The first kappa shape index (κ1) is 23.7. The summed E-state index contributed by atoms with van der Waals surface area (Å²) in [5.74, 6) is 1.50. The van der Waals surface area contributed by atoms with Gasteiger partial charge in [-0.1, -0.05) is 30.3 Å². The van der Waals surface area contributed by atoms with Crippen LogP contribution in [-0.4, -0.2) is 35.7 Å². The van der Waals surface area contributed by atoms with Crippen LogP contribution in [0.15, 0.2) is 71.8 Å². The van der Waals surface area contributed by atoms with Gasteiger partial charge in [0, 0.05) is 31.4 Å². The Bertz CT molecular complexity index is 980. The highest BCUT2D eigenvalue weighted by Crippen LogP contribution is 2.19. The maximum absolute atomic E-state index is 12.5. The number of rotatable bonds is 6. The third-order valence-corrected chi connectivity index (χ3v) is 5.07. The van der Waals surface area contributed by atoms with Crippen LogP contribution in [0, 0.1) is 0 Å². The second-order valence-electron chi connectivity index (χ2n) is 6.94. The van der Waals surface area contributed by atoms with Crippen LogP contribution in [0.2, 0.25) is 0 Å². The van der Waals surface area contributed by atoms with Gasteiger partial charge in [-0.25, -0.2) is 4.98 Å². The van der Waals surface area contributed by atoms with Gasteiger partial charge in [0.25, 0.3) is 5.56 Å². The Morgan fingerprint density at radius 2 is 1.93 bits per heavy atom. The minimum atomic E-state index is -0.142. The monoisotopic (exact) mass is 448 g/mol. The summed E-state index contributed by atoms with van der Waals surface area (Å²) in [5, 5.41) is 3.31. The number of ether oxygens (including phenoxy) is 1. The highest BCUT2D eigenvalue weighted by atomic mass is 35.5. The van der Waals surface area contributed by atoms with Crippen LogP contribution in [0.5, 0.6) is 5.75 Å². The van der Waals surface area contributed by atoms with Crippen molar-refractivity contribution in [3.63, 3.8) is 0 Å². The van der Waals surface area contributed by atoms with E-state index < -0.39 is 0 Å². The normalized spacial score (nSPS) is 15.2. The fourth-order valence-corrected chi connectivity index (χ4v) is 3.42. The molecule has 1 fully saturated rings. The zero-order valence-electron chi connectivity index (χ0n) is 16.7. The number of benzene rings is 1. The van der Waals surface area contributed by atoms with Gasteiger partial charge >= 0.3 is 0 Å². The summed E-state index contributed by atoms with van der Waals surface area (Å²) >= 11 is 0. The van der Waals surface area contributed by atoms with Crippen molar-refractivity contribution in [3.05, 3.63) is 82.9 Å². The number of nitrogens with one attached hydrogen (secondary N) is 1. The van der Waals surface area contributed by atoms with E-state index in [0.717, 1.165) is 36.6 Å². The number of hydrogen-bond donors (Lipinski definition) is 1. The van der Waals surface area contributed by atoms with Crippen LogP contribution in [0.25, 0.3) is 5.69 Å². The summed E-state index contributed by atoms with van der Waals surface area (Å²) in [4.78, 5) is 19.3. The highest BCUT2D eigenvalue weighted by Gasteiger charge is 2.21. The first-order valence-corrected chi connectivity index (χ1v) is 9.51. The Labute approximate surface area is 188 Å². The van der Waals surface area contributed by atoms with Crippen molar-refractivity contribution in [2.24, 2.45) is 0 Å². The van der Waals surface area contributed by atoms with Crippen molar-refractivity contribution >= 4 is 30.6 Å². The molecule has 6 nitrogen and oxygen atoms in total. The van der Waals surface area contributed by atoms with E-state index in [4.69, 9.17) is 4.74 Å². The van der Waals surface area contributed by atoms with Crippen LogP contribution in [-0.2, 0) is 6.61 Å². The van der Waals surface area contributed by atoms with Gasteiger partial charge in [-0.15, -0.1) is 24.8 Å². The van der Waals surface area contributed by atoms with Crippen molar-refractivity contribution < 1.29 is 4.74 Å². The Hall–Kier alpha value is -2.54. The Morgan fingerprint density at radius 3 is 2.57 bits per heavy atom. The summed E-state index contributed by atoms with van der Waals surface area (Å²) in [6.07, 6.45) is 4.59. The molecule has 1 saturated heterocycles. The minimum absolute atomic E-state index is 0. The van der Waals surface area contributed by atoms with Gasteiger partial charge in [0.1, 0.15) is 18.2 Å². The fourth-order valence-electron chi connectivity index (χ4n) is 3.42. The lowest BCUT2D eigenvalue weighted by Crippen LogP contribution is -2.29. The van der Waals surface area contributed by atoms with Gasteiger partial charge in [0.2, 0.25) is 0 Å². The summed E-state index contributed by atoms with van der Waals surface area (Å²) in [5.41, 5.74) is 1.66. The lowest BCUT2D eigenvalue weighted by Gasteiger charge is -2.17. The molecule has 30 heavy (non-hydrogen) atoms. The molecular formula is C22H26Cl2N4O2. The smallest absolute Gasteiger partial charge is 0.258 e. The summed E-state index contributed by atoms with van der Waals surface area (Å²) in [6, 6.07) is 17.6. The van der Waals surface area contributed by atoms with E-state index in [0.29, 0.717) is 18.4 Å². The van der Waals surface area contributed by atoms with E-state index in [1.165, 1.54) is 6.07 Å². The third kappa shape index (κ3) is 5.53. The standard InChI is InChI=1S/C22H24N4O2.2ClH/c1-23-18-9-11-25(15-18)21-8-7-19(14-24-21)26-12-10-20(13-22(26)27)28-16-17-5-3-2-4-6-17;;/h2-8,10,12-14,18,23H,9,11,15-16H2,1H3;2*1H/t18-;;/m0../s1. The lowest BCUT2D eigenvalue weighted by molar-refractivity contribution is 0.305. The van der Waals surface area contributed by atoms with Crippen LogP contribution < -0.4 is 20.5 Å². The first-order chi connectivity index (χ1) is 13.7. The molecule has 4 rings (SSSR count). The van der Waals surface area contributed by atoms with E-state index in [1.54, 1.807) is 23.0 Å². The summed E-state index contributed by atoms with van der Waals surface area (Å²) in [6.45, 7) is 2.38. The molecule has 3 aromatic rings. The molecule has 0 spiro atoms. The van der Waals surface area contributed by atoms with Gasteiger partial charge in [-0.05, 0) is 37.2 Å². The van der Waals surface area contributed by atoms with Gasteiger partial charge in [-0.2, -0.15) is 0 Å². The Balaban J connectivity index is 0.00000160. The van der Waals surface area contributed by atoms with E-state index in [1.807, 2.05) is 49.5 Å². The van der Waals surface area contributed by atoms with Crippen LogP contribution in [0.3, 0.4) is 0 Å². The fraction of sp³-hybridized carbons (Fsp3) is 0.273. The molecule has 0 unspecified atom stereocenters. The first-order valence-electron chi connectivity index (χ1n) is 9.51. The van der Waals surface area contributed by atoms with Gasteiger partial charge < -0.3 is 15.0 Å². The van der Waals surface area contributed by atoms with Gasteiger partial charge in [-0.3, -0.25) is 9.36 Å². The number of anilines is 1. The molecular weight excluding hydrogens is 423 g/mol. The lowest BCUT2D eigenvalue weighted by atomic mass is 10.2. The average molecular weight is 449 g/mol. The quantitative estimate of drug-likeness (QED) is 0.625. The molecule has 1 aliphatic heterocycles. The average Bonchev–Trinajstić information content (AvgIpc) is 3.23. The predicted molar refractivity (Wildman–Crippen MR) is 125 cm³/mol. The third-order valence-electron chi connectivity index (χ3n) is 5.07. The number of nitrogens with zero attached hydrogens (tertiary/aromatic N) is 3. The molecule has 1 N–H and O–H groups in total. The van der Waals surface area contributed by atoms with E-state index in [9.17, 15) is 4.79 Å². The Kier molecular flexibility index (Phi) is 8.72. The molecule has 0 bridgehead atoms. The van der Waals surface area contributed by atoms with Crippen molar-refractivity contribution in [2.45, 2.75) is 19.1 Å². The van der Waals surface area contributed by atoms with Crippen LogP contribution in [0.1, 0.15) is 12.0 Å². The number of hydrogen-bond acceptors (Lipinski definition) is 5. The number of aromatic nitrogens is 2. The molecule has 0 aliphatic carbocycles. The van der Waals surface area contributed by atoms with E-state index >= 15 is 0 Å². The van der Waals surface area contributed by atoms with Gasteiger partial charge in [0.05, 0.1) is 11.9 Å². The van der Waals surface area contributed by atoms with Gasteiger partial charge in [0.15, 0.2) is 0 Å². The molecule has 0 radical (unpaired) electrons. The maximum Gasteiger partial charge on any atom is 0.258 e. The highest BCUT2D eigenvalue weighted by molar-refractivity contribution is 5.85. The van der Waals surface area contributed by atoms with Crippen LogP contribution in [0.4, 0.5) is 5.82 Å². The van der Waals surface area contributed by atoms with Crippen LogP contribution >= 0.6 is 24.8 Å². The maximum atomic E-state index is 12.5. The minimum Gasteiger partial charge on any atom is -0.489 e. The summed E-state index contributed by atoms with van der Waals surface area (Å²) < 4.78 is 7.31. The van der Waals surface area contributed by atoms with Crippen molar-refractivity contribution in [3.8, 4) is 11.4 Å². The molecule has 2 aromatic heterocycles. The van der Waals surface area contributed by atoms with Crippen molar-refractivity contribution in [2.75, 3.05) is 25.0 Å². The van der Waals surface area contributed by atoms with E-state index in [2.05, 4.69) is 15.2 Å². The second kappa shape index (κ2) is 11.0. The van der Waals surface area contributed by atoms with Crippen molar-refractivity contribution in [1.29, 1.82) is 0 Å². The second-order valence-corrected chi connectivity index (χ2v) is 6.94. The molecule has 1 atom stereocenters. The largest absolute Gasteiger partial charge is 0.489 e. The number of pyridine rings is 2. The number of halogens is 2. The molecule has 0 amide bonds. The SMILES string of the molecule is CN[C@H]1CCN(c2ccc(-n3ccc(OCc4ccccc4)cc3=O)cn2)C1.Cl.Cl. The molecule has 8 heteroatoms. The predicted octanol–water partition coefficient (Wildman–Crippen LogP) is 3.45. The molecule has 3 heterocycles. The Morgan fingerprint density at radius 1 is 1.13 bits per heavy atom. The molecule has 0 saturated carbocycles. The zero-order chi connectivity index (χ0) is 19.3. The van der Waals surface area contributed by atoms with E-state index in [-0.39, 0.29) is 30.4 Å². The number of likely N-dealkylation sites (N-methyl/N-ethyl adjacent to an activating group) is 1. The molecule has 1 aromatic carbocycles.